The third-order valence-electron chi connectivity index (χ3n) is 2.10. The van der Waals surface area contributed by atoms with Crippen LogP contribution in [0.1, 0.15) is 18.6 Å². The van der Waals surface area contributed by atoms with Crippen molar-refractivity contribution in [1.82, 2.24) is 0 Å². The maximum Gasteiger partial charge on any atom is 0.144 e. The highest BCUT2D eigenvalue weighted by molar-refractivity contribution is 9.10. The number of aliphatic hydroxyl groups is 1. The molecule has 1 aliphatic heterocycles. The van der Waals surface area contributed by atoms with Gasteiger partial charge in [0.1, 0.15) is 18.0 Å². The van der Waals surface area contributed by atoms with Crippen LogP contribution in [-0.4, -0.2) is 11.2 Å². The zero-order valence-corrected chi connectivity index (χ0v) is 9.26. The Hall–Kier alpha value is -0.250. The van der Waals surface area contributed by atoms with E-state index in [4.69, 9.17) is 16.3 Å². The molecule has 0 saturated heterocycles. The fourth-order valence-electron chi connectivity index (χ4n) is 1.43. The number of aliphatic hydroxyl groups excluding tert-OH is 1. The Morgan fingerprint density at radius 3 is 2.92 bits per heavy atom. The van der Waals surface area contributed by atoms with Gasteiger partial charge in [0, 0.05) is 10.0 Å². The monoisotopic (exact) mass is 262 g/mol. The van der Waals surface area contributed by atoms with Gasteiger partial charge in [-0.3, -0.25) is 0 Å². The molecule has 1 aromatic rings. The van der Waals surface area contributed by atoms with Crippen molar-refractivity contribution in [1.29, 1.82) is 0 Å². The summed E-state index contributed by atoms with van der Waals surface area (Å²) in [6.07, 6.45) is -0.799. The van der Waals surface area contributed by atoms with Crippen molar-refractivity contribution in [2.24, 2.45) is 0 Å². The molecule has 0 bridgehead atoms. The minimum absolute atomic E-state index is 0.221. The van der Waals surface area contributed by atoms with E-state index in [0.29, 0.717) is 10.8 Å². The number of hydrogen-bond acceptors (Lipinski definition) is 2. The van der Waals surface area contributed by atoms with Crippen molar-refractivity contribution >= 4 is 27.5 Å². The summed E-state index contributed by atoms with van der Waals surface area (Å²) in [5.74, 6) is 0.602. The zero-order chi connectivity index (χ0) is 9.59. The molecule has 0 aliphatic carbocycles. The summed E-state index contributed by atoms with van der Waals surface area (Å²) < 4.78 is 6.26. The third-order valence-corrected chi connectivity index (χ3v) is 2.84. The quantitative estimate of drug-likeness (QED) is 0.780. The highest BCUT2D eigenvalue weighted by Crippen LogP contribution is 2.43. The van der Waals surface area contributed by atoms with Crippen LogP contribution < -0.4 is 4.74 Å². The highest BCUT2D eigenvalue weighted by atomic mass is 79.9. The first kappa shape index (κ1) is 9.31. The molecule has 1 aromatic carbocycles. The molecule has 1 aliphatic rings. The van der Waals surface area contributed by atoms with Crippen molar-refractivity contribution in [2.75, 3.05) is 0 Å². The standard InChI is InChI=1S/C9H8BrClO2/c1-4-8(12)6-2-5(10)3-7(11)9(6)13-4/h2-4,8,12H,1H3. The van der Waals surface area contributed by atoms with E-state index in [1.807, 2.05) is 13.0 Å². The number of fused-ring (bicyclic) bond motifs is 1. The lowest BCUT2D eigenvalue weighted by molar-refractivity contribution is 0.0796. The molecule has 1 heterocycles. The lowest BCUT2D eigenvalue weighted by Crippen LogP contribution is -2.12. The summed E-state index contributed by atoms with van der Waals surface area (Å²) >= 11 is 9.25. The molecule has 4 heteroatoms. The molecule has 2 nitrogen and oxygen atoms in total. The Bertz CT molecular complexity index is 354. The first-order valence-electron chi connectivity index (χ1n) is 3.93. The van der Waals surface area contributed by atoms with Crippen LogP contribution in [0.5, 0.6) is 5.75 Å². The molecule has 0 amide bonds. The van der Waals surface area contributed by atoms with Crippen LogP contribution in [0.3, 0.4) is 0 Å². The second kappa shape index (κ2) is 3.15. The summed E-state index contributed by atoms with van der Waals surface area (Å²) in [6, 6.07) is 3.58. The third kappa shape index (κ3) is 1.45. The van der Waals surface area contributed by atoms with E-state index in [2.05, 4.69) is 15.9 Å². The maximum atomic E-state index is 9.69. The largest absolute Gasteiger partial charge is 0.486 e. The van der Waals surface area contributed by atoms with Gasteiger partial charge >= 0.3 is 0 Å². The van der Waals surface area contributed by atoms with E-state index in [9.17, 15) is 5.11 Å². The minimum Gasteiger partial charge on any atom is -0.486 e. The van der Waals surface area contributed by atoms with Crippen molar-refractivity contribution in [3.05, 3.63) is 27.2 Å². The molecule has 0 fully saturated rings. The van der Waals surface area contributed by atoms with Crippen LogP contribution in [0.4, 0.5) is 0 Å². The van der Waals surface area contributed by atoms with Gasteiger partial charge in [-0.05, 0) is 19.1 Å². The van der Waals surface area contributed by atoms with E-state index < -0.39 is 6.10 Å². The van der Waals surface area contributed by atoms with Gasteiger partial charge in [0.25, 0.3) is 0 Å². The van der Waals surface area contributed by atoms with Crippen LogP contribution in [0.15, 0.2) is 16.6 Å². The molecule has 0 saturated carbocycles. The Labute approximate surface area is 89.6 Å². The van der Waals surface area contributed by atoms with E-state index in [1.165, 1.54) is 0 Å². The number of hydrogen-bond donors (Lipinski definition) is 1. The predicted molar refractivity (Wildman–Crippen MR) is 54.2 cm³/mol. The molecule has 0 aromatic heterocycles. The molecule has 1 N–H and O–H groups in total. The average Bonchev–Trinajstić information content (AvgIpc) is 2.32. The highest BCUT2D eigenvalue weighted by Gasteiger charge is 2.31. The SMILES string of the molecule is CC1Oc2c(Cl)cc(Br)cc2C1O. The van der Waals surface area contributed by atoms with Crippen LogP contribution in [0.25, 0.3) is 0 Å². The lowest BCUT2D eigenvalue weighted by Gasteiger charge is -2.06. The maximum absolute atomic E-state index is 9.69. The topological polar surface area (TPSA) is 29.5 Å². The molecular formula is C9H8BrClO2. The van der Waals surface area contributed by atoms with Gasteiger partial charge in [-0.1, -0.05) is 27.5 Å². The van der Waals surface area contributed by atoms with Crippen LogP contribution in [-0.2, 0) is 0 Å². The molecular weight excluding hydrogens is 255 g/mol. The number of rotatable bonds is 0. The van der Waals surface area contributed by atoms with Crippen LogP contribution in [0.2, 0.25) is 5.02 Å². The first-order valence-corrected chi connectivity index (χ1v) is 5.10. The van der Waals surface area contributed by atoms with Crippen LogP contribution in [0, 0.1) is 0 Å². The van der Waals surface area contributed by atoms with Crippen molar-refractivity contribution in [3.63, 3.8) is 0 Å². The number of ether oxygens (including phenoxy) is 1. The minimum atomic E-state index is -0.579. The van der Waals surface area contributed by atoms with E-state index in [1.54, 1.807) is 6.07 Å². The van der Waals surface area contributed by atoms with Gasteiger partial charge in [0.05, 0.1) is 5.02 Å². The lowest BCUT2D eigenvalue weighted by atomic mass is 10.1. The van der Waals surface area contributed by atoms with Gasteiger partial charge in [0.15, 0.2) is 0 Å². The molecule has 0 radical (unpaired) electrons. The van der Waals surface area contributed by atoms with E-state index in [0.717, 1.165) is 10.0 Å². The van der Waals surface area contributed by atoms with Crippen LogP contribution >= 0.6 is 27.5 Å². The van der Waals surface area contributed by atoms with Crippen molar-refractivity contribution < 1.29 is 9.84 Å². The average molecular weight is 264 g/mol. The summed E-state index contributed by atoms with van der Waals surface area (Å²) in [6.45, 7) is 1.81. The second-order valence-corrected chi connectivity index (χ2v) is 4.40. The Morgan fingerprint density at radius 2 is 2.23 bits per heavy atom. The first-order chi connectivity index (χ1) is 6.09. The Kier molecular flexibility index (Phi) is 2.26. The normalized spacial score (nSPS) is 25.5. The summed E-state index contributed by atoms with van der Waals surface area (Å²) in [5.41, 5.74) is 0.756. The fourth-order valence-corrected chi connectivity index (χ4v) is 2.31. The summed E-state index contributed by atoms with van der Waals surface area (Å²) in [7, 11) is 0. The van der Waals surface area contributed by atoms with Crippen molar-refractivity contribution in [2.45, 2.75) is 19.1 Å². The van der Waals surface area contributed by atoms with Gasteiger partial charge in [0.2, 0.25) is 0 Å². The van der Waals surface area contributed by atoms with Crippen molar-refractivity contribution in [3.8, 4) is 5.75 Å². The second-order valence-electron chi connectivity index (χ2n) is 3.07. The number of halogens is 2. The molecule has 2 rings (SSSR count). The van der Waals surface area contributed by atoms with E-state index >= 15 is 0 Å². The summed E-state index contributed by atoms with van der Waals surface area (Å²) in [5, 5.41) is 10.2. The molecule has 13 heavy (non-hydrogen) atoms. The van der Waals surface area contributed by atoms with Gasteiger partial charge in [-0.2, -0.15) is 0 Å². The smallest absolute Gasteiger partial charge is 0.144 e. The fraction of sp³-hybridized carbons (Fsp3) is 0.333. The predicted octanol–water partition coefficient (Wildman–Crippen LogP) is 2.92. The molecule has 0 spiro atoms. The van der Waals surface area contributed by atoms with Gasteiger partial charge in [-0.25, -0.2) is 0 Å². The summed E-state index contributed by atoms with van der Waals surface area (Å²) in [4.78, 5) is 0. The van der Waals surface area contributed by atoms with Gasteiger partial charge in [-0.15, -0.1) is 0 Å². The molecule has 2 atom stereocenters. The Morgan fingerprint density at radius 1 is 1.54 bits per heavy atom. The Balaban J connectivity index is 2.57. The molecule has 70 valence electrons. The van der Waals surface area contributed by atoms with Gasteiger partial charge < -0.3 is 9.84 Å². The van der Waals surface area contributed by atoms with E-state index in [-0.39, 0.29) is 6.10 Å². The molecule has 2 unspecified atom stereocenters. The zero-order valence-electron chi connectivity index (χ0n) is 6.92. The number of benzene rings is 1.